The van der Waals surface area contributed by atoms with Gasteiger partial charge in [-0.05, 0) is 32.1 Å². The summed E-state index contributed by atoms with van der Waals surface area (Å²) >= 11 is 0. The molecule has 0 aromatic rings. The van der Waals surface area contributed by atoms with Crippen molar-refractivity contribution in [1.29, 1.82) is 0 Å². The van der Waals surface area contributed by atoms with Crippen LogP contribution in [0.1, 0.15) is 13.8 Å². The molecule has 110 valence electrons. The minimum atomic E-state index is -0.137. The number of carbonyl (C=O) groups is 1. The Kier molecular flexibility index (Phi) is 6.14. The number of nitrogens with zero attached hydrogens (tertiary/aromatic N) is 2. The van der Waals surface area contributed by atoms with E-state index in [4.69, 9.17) is 0 Å². The number of likely N-dealkylation sites (N-methyl/N-ethyl adjacent to an activating group) is 1. The molecule has 1 N–H and O–H groups in total. The summed E-state index contributed by atoms with van der Waals surface area (Å²) in [6.07, 6.45) is 12.1. The van der Waals surface area contributed by atoms with Crippen molar-refractivity contribution in [1.82, 2.24) is 10.2 Å². The lowest BCUT2D eigenvalue weighted by molar-refractivity contribution is -0.123. The molecular weight excluding hydrogens is 262 g/mol. The molecule has 0 saturated carbocycles. The third kappa shape index (κ3) is 3.69. The van der Waals surface area contributed by atoms with Gasteiger partial charge in [-0.25, -0.2) is 4.99 Å². The Labute approximate surface area is 126 Å². The second-order valence-corrected chi connectivity index (χ2v) is 4.24. The quantitative estimate of drug-likeness (QED) is 0.806. The van der Waals surface area contributed by atoms with Gasteiger partial charge in [-0.15, -0.1) is 0 Å². The van der Waals surface area contributed by atoms with Crippen molar-refractivity contribution in [3.63, 3.8) is 0 Å². The van der Waals surface area contributed by atoms with Crippen LogP contribution in [-0.4, -0.2) is 24.1 Å². The standard InChI is InChI=1S/C17H21N3O/c1-6-10-13-16(18-9-4)19-14(11-7-2)15(12-8-3)20(5)17(13)21/h6-12,19H,2-3H2,1,4-5H3/b10-6-,14-11+,15-12+,18-9?. The zero-order valence-electron chi connectivity index (χ0n) is 12.8. The van der Waals surface area contributed by atoms with Gasteiger partial charge in [0.15, 0.2) is 0 Å². The van der Waals surface area contributed by atoms with Crippen LogP contribution in [0.2, 0.25) is 0 Å². The third-order valence-corrected chi connectivity index (χ3v) is 2.83. The smallest absolute Gasteiger partial charge is 0.261 e. The molecule has 4 heteroatoms. The van der Waals surface area contributed by atoms with Gasteiger partial charge in [0.25, 0.3) is 5.91 Å². The lowest BCUT2D eigenvalue weighted by Gasteiger charge is -2.19. The lowest BCUT2D eigenvalue weighted by Crippen LogP contribution is -2.27. The first-order valence-corrected chi connectivity index (χ1v) is 6.67. The molecule has 0 radical (unpaired) electrons. The maximum Gasteiger partial charge on any atom is 0.261 e. The van der Waals surface area contributed by atoms with E-state index >= 15 is 0 Å². The number of amides is 1. The van der Waals surface area contributed by atoms with E-state index in [9.17, 15) is 4.79 Å². The molecule has 0 atom stereocenters. The fraction of sp³-hybridized carbons (Fsp3) is 0.176. The van der Waals surface area contributed by atoms with Crippen LogP contribution >= 0.6 is 0 Å². The maximum absolute atomic E-state index is 12.6. The zero-order valence-corrected chi connectivity index (χ0v) is 12.8. The second kappa shape index (κ2) is 7.85. The molecule has 0 aromatic heterocycles. The average Bonchev–Trinajstić information content (AvgIpc) is 2.55. The van der Waals surface area contributed by atoms with Crippen LogP contribution < -0.4 is 5.32 Å². The zero-order chi connectivity index (χ0) is 15.8. The Balaban J connectivity index is 3.57. The highest BCUT2D eigenvalue weighted by Gasteiger charge is 2.26. The van der Waals surface area contributed by atoms with Gasteiger partial charge in [0.1, 0.15) is 5.82 Å². The summed E-state index contributed by atoms with van der Waals surface area (Å²) in [5.74, 6) is 0.370. The maximum atomic E-state index is 12.6. The highest BCUT2D eigenvalue weighted by atomic mass is 16.2. The molecule has 0 fully saturated rings. The fourth-order valence-electron chi connectivity index (χ4n) is 1.94. The van der Waals surface area contributed by atoms with Gasteiger partial charge in [0, 0.05) is 13.3 Å². The second-order valence-electron chi connectivity index (χ2n) is 4.24. The first kappa shape index (κ1) is 16.4. The molecule has 0 spiro atoms. The van der Waals surface area contributed by atoms with Crippen LogP contribution in [0, 0.1) is 0 Å². The van der Waals surface area contributed by atoms with Crippen molar-refractivity contribution in [2.24, 2.45) is 4.99 Å². The van der Waals surface area contributed by atoms with E-state index in [2.05, 4.69) is 23.5 Å². The Bertz CT molecular complexity index is 589. The number of allylic oxidation sites excluding steroid dienone is 5. The van der Waals surface area contributed by atoms with Gasteiger partial charge in [0.05, 0.1) is 17.0 Å². The van der Waals surface area contributed by atoms with Crippen LogP contribution in [-0.2, 0) is 4.79 Å². The molecule has 1 aliphatic heterocycles. The molecule has 0 aliphatic carbocycles. The lowest BCUT2D eigenvalue weighted by atomic mass is 10.2. The van der Waals surface area contributed by atoms with Gasteiger partial charge in [0.2, 0.25) is 0 Å². The predicted octanol–water partition coefficient (Wildman–Crippen LogP) is 3.07. The van der Waals surface area contributed by atoms with Crippen LogP contribution in [0.3, 0.4) is 0 Å². The highest BCUT2D eigenvalue weighted by molar-refractivity contribution is 5.99. The van der Waals surface area contributed by atoms with Crippen molar-refractivity contribution in [2.45, 2.75) is 13.8 Å². The number of aliphatic imine (C=N–C) groups is 1. The Morgan fingerprint density at radius 1 is 1.19 bits per heavy atom. The van der Waals surface area contributed by atoms with E-state index in [1.165, 1.54) is 0 Å². The molecule has 4 nitrogen and oxygen atoms in total. The van der Waals surface area contributed by atoms with E-state index in [0.29, 0.717) is 17.1 Å². The van der Waals surface area contributed by atoms with Crippen LogP contribution in [0.25, 0.3) is 0 Å². The summed E-state index contributed by atoms with van der Waals surface area (Å²) in [5.41, 5.74) is 1.94. The van der Waals surface area contributed by atoms with E-state index in [1.807, 2.05) is 13.0 Å². The van der Waals surface area contributed by atoms with Gasteiger partial charge in [-0.3, -0.25) is 4.79 Å². The summed E-state index contributed by atoms with van der Waals surface area (Å²) in [6.45, 7) is 11.1. The van der Waals surface area contributed by atoms with Crippen molar-refractivity contribution in [3.8, 4) is 0 Å². The van der Waals surface area contributed by atoms with E-state index in [1.54, 1.807) is 55.5 Å². The van der Waals surface area contributed by atoms with Crippen molar-refractivity contribution >= 4 is 12.1 Å². The topological polar surface area (TPSA) is 44.7 Å². The van der Waals surface area contributed by atoms with Crippen LogP contribution in [0.4, 0.5) is 0 Å². The van der Waals surface area contributed by atoms with Crippen molar-refractivity contribution in [2.75, 3.05) is 7.05 Å². The Morgan fingerprint density at radius 3 is 2.38 bits per heavy atom. The minimum absolute atomic E-state index is 0.137. The largest absolute Gasteiger partial charge is 0.338 e. The average molecular weight is 283 g/mol. The molecule has 0 bridgehead atoms. The normalized spacial score (nSPS) is 20.5. The first-order chi connectivity index (χ1) is 10.1. The Morgan fingerprint density at radius 2 is 1.86 bits per heavy atom. The number of hydrogen-bond acceptors (Lipinski definition) is 3. The summed E-state index contributed by atoms with van der Waals surface area (Å²) in [7, 11) is 1.72. The van der Waals surface area contributed by atoms with E-state index in [0.717, 1.165) is 5.70 Å². The molecule has 1 heterocycles. The van der Waals surface area contributed by atoms with Crippen molar-refractivity contribution < 1.29 is 4.79 Å². The molecule has 1 aliphatic rings. The molecule has 1 rings (SSSR count). The molecule has 0 saturated heterocycles. The minimum Gasteiger partial charge on any atom is -0.338 e. The summed E-state index contributed by atoms with van der Waals surface area (Å²) in [6, 6.07) is 0. The third-order valence-electron chi connectivity index (χ3n) is 2.83. The Hall–Kier alpha value is -2.62. The van der Waals surface area contributed by atoms with E-state index < -0.39 is 0 Å². The monoisotopic (exact) mass is 283 g/mol. The van der Waals surface area contributed by atoms with E-state index in [-0.39, 0.29) is 5.91 Å². The van der Waals surface area contributed by atoms with Crippen molar-refractivity contribution in [3.05, 3.63) is 72.4 Å². The van der Waals surface area contributed by atoms with Crippen LogP contribution in [0.5, 0.6) is 0 Å². The summed E-state index contributed by atoms with van der Waals surface area (Å²) in [4.78, 5) is 18.5. The highest BCUT2D eigenvalue weighted by Crippen LogP contribution is 2.23. The molecular formula is C17H21N3O. The number of nitrogens with one attached hydrogen (secondary N) is 1. The number of rotatable bonds is 4. The van der Waals surface area contributed by atoms with Gasteiger partial charge in [-0.2, -0.15) is 0 Å². The molecule has 21 heavy (non-hydrogen) atoms. The van der Waals surface area contributed by atoms with Gasteiger partial charge >= 0.3 is 0 Å². The fourth-order valence-corrected chi connectivity index (χ4v) is 1.94. The summed E-state index contributed by atoms with van der Waals surface area (Å²) in [5, 5.41) is 3.19. The first-order valence-electron chi connectivity index (χ1n) is 6.67. The van der Waals surface area contributed by atoms with Gasteiger partial charge in [-0.1, -0.05) is 31.4 Å². The molecule has 1 amide bonds. The molecule has 0 aromatic carbocycles. The summed E-state index contributed by atoms with van der Waals surface area (Å²) < 4.78 is 0. The van der Waals surface area contributed by atoms with Gasteiger partial charge < -0.3 is 10.2 Å². The number of hydrogen-bond donors (Lipinski definition) is 1. The SMILES string of the molecule is C=C/C=C1/NC(N=CC)=C(/C=C\C)C(=O)N(C)/C1=C/C=C. The number of carbonyl (C=O) groups excluding carboxylic acids is 1. The molecule has 0 unspecified atom stereocenters. The van der Waals surface area contributed by atoms with Crippen LogP contribution in [0.15, 0.2) is 77.4 Å². The predicted molar refractivity (Wildman–Crippen MR) is 88.5 cm³/mol.